The summed E-state index contributed by atoms with van der Waals surface area (Å²) in [7, 11) is 0. The van der Waals surface area contributed by atoms with Gasteiger partial charge < -0.3 is 10.2 Å². The zero-order valence-corrected chi connectivity index (χ0v) is 14.8. The third kappa shape index (κ3) is 3.44. The van der Waals surface area contributed by atoms with Crippen LogP contribution in [0, 0.1) is 6.92 Å². The Bertz CT molecular complexity index is 892. The van der Waals surface area contributed by atoms with Gasteiger partial charge in [-0.25, -0.2) is 4.98 Å². The maximum absolute atomic E-state index is 5.93. The Hall–Kier alpha value is -2.59. The van der Waals surface area contributed by atoms with Crippen molar-refractivity contribution in [2.75, 3.05) is 16.8 Å². The van der Waals surface area contributed by atoms with E-state index >= 15 is 0 Å². The highest BCUT2D eigenvalue weighted by atomic mass is 35.5. The Morgan fingerprint density at radius 1 is 1.08 bits per heavy atom. The second-order valence-corrected chi connectivity index (χ2v) is 6.64. The van der Waals surface area contributed by atoms with E-state index in [-0.39, 0.29) is 0 Å². The second kappa shape index (κ2) is 6.73. The molecule has 4 rings (SSSR count). The molecular weight excluding hydrogens is 332 g/mol. The third-order valence-electron chi connectivity index (χ3n) is 4.37. The standard InChI is InChI=1S/C20H19ClN4/c1-14-12-19(25-11-10-16-4-2-3-5-18(16)25)24-20(23-14)22-13-15-6-8-17(21)9-7-15/h2-9,12H,10-11,13H2,1H3,(H,22,23,24). The lowest BCUT2D eigenvalue weighted by molar-refractivity contribution is 0.948. The number of fused-ring (bicyclic) bond motifs is 1. The molecule has 2 heterocycles. The molecule has 4 nitrogen and oxygen atoms in total. The molecule has 0 atom stereocenters. The van der Waals surface area contributed by atoms with Gasteiger partial charge in [0.1, 0.15) is 5.82 Å². The van der Waals surface area contributed by atoms with Crippen LogP contribution in [0.4, 0.5) is 17.5 Å². The number of para-hydroxylation sites is 1. The van der Waals surface area contributed by atoms with Gasteiger partial charge in [-0.15, -0.1) is 0 Å². The van der Waals surface area contributed by atoms with Crippen molar-refractivity contribution in [3.05, 3.63) is 76.4 Å². The Labute approximate surface area is 152 Å². The number of aryl methyl sites for hydroxylation is 1. The molecule has 0 saturated carbocycles. The van der Waals surface area contributed by atoms with Crippen molar-refractivity contribution in [3.8, 4) is 0 Å². The quantitative estimate of drug-likeness (QED) is 0.737. The van der Waals surface area contributed by atoms with Crippen LogP contribution >= 0.6 is 11.6 Å². The molecule has 126 valence electrons. The van der Waals surface area contributed by atoms with E-state index < -0.39 is 0 Å². The maximum atomic E-state index is 5.93. The molecule has 0 bridgehead atoms. The van der Waals surface area contributed by atoms with Crippen LogP contribution in [0.1, 0.15) is 16.8 Å². The minimum Gasteiger partial charge on any atom is -0.350 e. The molecule has 0 radical (unpaired) electrons. The van der Waals surface area contributed by atoms with Crippen molar-refractivity contribution >= 4 is 29.1 Å². The van der Waals surface area contributed by atoms with Crippen molar-refractivity contribution in [1.29, 1.82) is 0 Å². The molecule has 25 heavy (non-hydrogen) atoms. The van der Waals surface area contributed by atoms with Crippen LogP contribution in [0.2, 0.25) is 5.02 Å². The Morgan fingerprint density at radius 2 is 1.88 bits per heavy atom. The van der Waals surface area contributed by atoms with Gasteiger partial charge in [-0.3, -0.25) is 0 Å². The minimum absolute atomic E-state index is 0.648. The lowest BCUT2D eigenvalue weighted by Crippen LogP contribution is -2.16. The van der Waals surface area contributed by atoms with Gasteiger partial charge >= 0.3 is 0 Å². The molecule has 0 spiro atoms. The van der Waals surface area contributed by atoms with Gasteiger partial charge in [0.2, 0.25) is 5.95 Å². The summed E-state index contributed by atoms with van der Waals surface area (Å²) in [5.41, 5.74) is 4.70. The summed E-state index contributed by atoms with van der Waals surface area (Å²) in [5.74, 6) is 1.59. The Morgan fingerprint density at radius 3 is 2.72 bits per heavy atom. The highest BCUT2D eigenvalue weighted by Crippen LogP contribution is 2.33. The van der Waals surface area contributed by atoms with Crippen LogP contribution in [0.5, 0.6) is 0 Å². The summed E-state index contributed by atoms with van der Waals surface area (Å²) in [4.78, 5) is 11.5. The molecule has 1 aliphatic rings. The number of nitrogens with one attached hydrogen (secondary N) is 1. The highest BCUT2D eigenvalue weighted by Gasteiger charge is 2.21. The zero-order chi connectivity index (χ0) is 17.2. The predicted octanol–water partition coefficient (Wildman–Crippen LogP) is 4.74. The summed E-state index contributed by atoms with van der Waals surface area (Å²) in [6, 6.07) is 18.3. The third-order valence-corrected chi connectivity index (χ3v) is 4.62. The molecular formula is C20H19ClN4. The smallest absolute Gasteiger partial charge is 0.225 e. The van der Waals surface area contributed by atoms with Gasteiger partial charge in [-0.2, -0.15) is 4.98 Å². The van der Waals surface area contributed by atoms with Crippen molar-refractivity contribution in [1.82, 2.24) is 9.97 Å². The van der Waals surface area contributed by atoms with Crippen molar-refractivity contribution in [2.24, 2.45) is 0 Å². The van der Waals surface area contributed by atoms with Crippen LogP contribution in [0.25, 0.3) is 0 Å². The Kier molecular flexibility index (Phi) is 4.28. The van der Waals surface area contributed by atoms with E-state index in [1.165, 1.54) is 11.3 Å². The molecule has 0 fully saturated rings. The molecule has 2 aromatic carbocycles. The number of hydrogen-bond donors (Lipinski definition) is 1. The van der Waals surface area contributed by atoms with E-state index in [1.807, 2.05) is 37.3 Å². The van der Waals surface area contributed by atoms with Crippen LogP contribution in [-0.4, -0.2) is 16.5 Å². The van der Waals surface area contributed by atoms with Gasteiger partial charge in [0, 0.05) is 35.6 Å². The van der Waals surface area contributed by atoms with Crippen LogP contribution in [0.3, 0.4) is 0 Å². The average molecular weight is 351 g/mol. The van der Waals surface area contributed by atoms with Crippen LogP contribution < -0.4 is 10.2 Å². The van der Waals surface area contributed by atoms with Gasteiger partial charge in [0.25, 0.3) is 0 Å². The number of hydrogen-bond acceptors (Lipinski definition) is 4. The first-order valence-corrected chi connectivity index (χ1v) is 8.76. The molecule has 1 aromatic heterocycles. The molecule has 0 amide bonds. The van der Waals surface area contributed by atoms with Crippen molar-refractivity contribution < 1.29 is 0 Å². The van der Waals surface area contributed by atoms with Crippen LogP contribution in [0.15, 0.2) is 54.6 Å². The predicted molar refractivity (Wildman–Crippen MR) is 103 cm³/mol. The summed E-state index contributed by atoms with van der Waals surface area (Å²) >= 11 is 5.93. The fraction of sp³-hybridized carbons (Fsp3) is 0.200. The zero-order valence-electron chi connectivity index (χ0n) is 14.0. The van der Waals surface area contributed by atoms with Gasteiger partial charge in [-0.1, -0.05) is 41.9 Å². The largest absolute Gasteiger partial charge is 0.350 e. The lowest BCUT2D eigenvalue weighted by Gasteiger charge is -2.19. The monoisotopic (exact) mass is 350 g/mol. The normalized spacial score (nSPS) is 13.0. The Balaban J connectivity index is 1.56. The van der Waals surface area contributed by atoms with E-state index in [0.29, 0.717) is 12.5 Å². The highest BCUT2D eigenvalue weighted by molar-refractivity contribution is 6.30. The summed E-state index contributed by atoms with van der Waals surface area (Å²) in [6.45, 7) is 3.61. The van der Waals surface area contributed by atoms with E-state index in [2.05, 4.69) is 39.5 Å². The first-order valence-electron chi connectivity index (χ1n) is 8.38. The fourth-order valence-corrected chi connectivity index (χ4v) is 3.25. The minimum atomic E-state index is 0.648. The fourth-order valence-electron chi connectivity index (χ4n) is 3.13. The van der Waals surface area contributed by atoms with E-state index in [4.69, 9.17) is 16.6 Å². The number of halogens is 1. The van der Waals surface area contributed by atoms with Gasteiger partial charge in [0.15, 0.2) is 0 Å². The number of nitrogens with zero attached hydrogens (tertiary/aromatic N) is 3. The molecule has 5 heteroatoms. The van der Waals surface area contributed by atoms with Gasteiger partial charge in [-0.05, 0) is 42.7 Å². The number of anilines is 3. The maximum Gasteiger partial charge on any atom is 0.225 e. The molecule has 3 aromatic rings. The number of benzene rings is 2. The lowest BCUT2D eigenvalue weighted by atomic mass is 10.2. The van der Waals surface area contributed by atoms with Crippen molar-refractivity contribution in [2.45, 2.75) is 19.9 Å². The summed E-state index contributed by atoms with van der Waals surface area (Å²) in [5, 5.41) is 4.06. The molecule has 0 saturated heterocycles. The number of aromatic nitrogens is 2. The molecule has 1 aliphatic heterocycles. The van der Waals surface area contributed by atoms with E-state index in [1.54, 1.807) is 0 Å². The second-order valence-electron chi connectivity index (χ2n) is 6.20. The summed E-state index contributed by atoms with van der Waals surface area (Å²) in [6.07, 6.45) is 1.05. The van der Waals surface area contributed by atoms with E-state index in [9.17, 15) is 0 Å². The first kappa shape index (κ1) is 15.9. The van der Waals surface area contributed by atoms with E-state index in [0.717, 1.165) is 35.1 Å². The summed E-state index contributed by atoms with van der Waals surface area (Å²) < 4.78 is 0. The molecule has 0 unspecified atom stereocenters. The van der Waals surface area contributed by atoms with Crippen molar-refractivity contribution in [3.63, 3.8) is 0 Å². The van der Waals surface area contributed by atoms with Crippen LogP contribution in [-0.2, 0) is 13.0 Å². The topological polar surface area (TPSA) is 41.1 Å². The molecule has 1 N–H and O–H groups in total. The average Bonchev–Trinajstić information content (AvgIpc) is 3.05. The molecule has 0 aliphatic carbocycles. The number of rotatable bonds is 4. The van der Waals surface area contributed by atoms with Gasteiger partial charge in [0.05, 0.1) is 0 Å². The first-order chi connectivity index (χ1) is 12.2. The SMILES string of the molecule is Cc1cc(N2CCc3ccccc32)nc(NCc2ccc(Cl)cc2)n1.